The Morgan fingerprint density at radius 3 is 3.00 bits per heavy atom. The van der Waals surface area contributed by atoms with E-state index in [-0.39, 0.29) is 12.1 Å². The summed E-state index contributed by atoms with van der Waals surface area (Å²) in [6, 6.07) is 0. The molecule has 0 aliphatic carbocycles. The first-order valence-corrected chi connectivity index (χ1v) is 8.11. The zero-order chi connectivity index (χ0) is 14.1. The lowest BCUT2D eigenvalue weighted by molar-refractivity contribution is -0.143. The molecule has 0 radical (unpaired) electrons. The number of hydrogen-bond donors (Lipinski definition) is 0. The van der Waals surface area contributed by atoms with Crippen LogP contribution in [0.2, 0.25) is 0 Å². The van der Waals surface area contributed by atoms with Crippen LogP contribution in [-0.2, 0) is 14.3 Å². The smallest absolute Gasteiger partial charge is 0.330 e. The third-order valence-electron chi connectivity index (χ3n) is 3.01. The van der Waals surface area contributed by atoms with Gasteiger partial charge in [0.25, 0.3) is 0 Å². The number of rotatable bonds is 9. The van der Waals surface area contributed by atoms with Crippen molar-refractivity contribution in [1.29, 1.82) is 0 Å². The van der Waals surface area contributed by atoms with E-state index in [2.05, 4.69) is 13.5 Å². The third kappa shape index (κ3) is 6.97. The van der Waals surface area contributed by atoms with Crippen LogP contribution in [0.15, 0.2) is 12.7 Å². The van der Waals surface area contributed by atoms with Gasteiger partial charge in [0.05, 0.1) is 0 Å². The first-order valence-electron chi connectivity index (χ1n) is 6.82. The normalized spacial score (nSPS) is 19.8. The van der Waals surface area contributed by atoms with E-state index in [0.29, 0.717) is 9.63 Å². The Kier molecular flexibility index (Phi) is 8.14. The molecule has 1 rings (SSSR count). The Morgan fingerprint density at radius 1 is 1.63 bits per heavy atom. The minimum absolute atomic E-state index is 0.0315. The van der Waals surface area contributed by atoms with E-state index in [1.54, 1.807) is 11.8 Å². The number of esters is 1. The monoisotopic (exact) mass is 302 g/mol. The summed E-state index contributed by atoms with van der Waals surface area (Å²) in [5.74, 6) is -0.316. The highest BCUT2D eigenvalue weighted by Crippen LogP contribution is 2.27. The Morgan fingerprint density at radius 2 is 2.42 bits per heavy atom. The average Bonchev–Trinajstić information content (AvgIpc) is 2.80. The van der Waals surface area contributed by atoms with Gasteiger partial charge < -0.3 is 9.47 Å². The number of carbonyl (C=O) groups excluding carboxylic acids is 1. The van der Waals surface area contributed by atoms with Crippen LogP contribution >= 0.6 is 24.0 Å². The van der Waals surface area contributed by atoms with Crippen LogP contribution < -0.4 is 0 Å². The van der Waals surface area contributed by atoms with Crippen molar-refractivity contribution in [3.8, 4) is 0 Å². The standard InChI is InChI=1S/C14H22O3S2/c1-3-7-11(17-13(15)4-2)8-5-6-9-12-10-16-14(18)19-12/h4,11-12H,2-3,5-10H2,1H3. The van der Waals surface area contributed by atoms with Crippen LogP contribution in [0.5, 0.6) is 0 Å². The molecule has 1 saturated heterocycles. The molecule has 19 heavy (non-hydrogen) atoms. The Hall–Kier alpha value is -0.550. The molecule has 2 atom stereocenters. The van der Waals surface area contributed by atoms with Crippen molar-refractivity contribution in [3.63, 3.8) is 0 Å². The molecule has 1 heterocycles. The predicted molar refractivity (Wildman–Crippen MR) is 83.4 cm³/mol. The molecule has 0 spiro atoms. The second-order valence-electron chi connectivity index (χ2n) is 4.64. The number of carbonyl (C=O) groups is 1. The molecule has 0 aromatic heterocycles. The van der Waals surface area contributed by atoms with Crippen molar-refractivity contribution in [2.24, 2.45) is 0 Å². The van der Waals surface area contributed by atoms with Gasteiger partial charge in [-0.2, -0.15) is 0 Å². The SMILES string of the molecule is C=CC(=O)OC(CCC)CCCCC1COC(=S)S1. The molecule has 3 nitrogen and oxygen atoms in total. The fourth-order valence-corrected chi connectivity index (χ4v) is 3.35. The van der Waals surface area contributed by atoms with Crippen molar-refractivity contribution in [2.75, 3.05) is 6.61 Å². The maximum Gasteiger partial charge on any atom is 0.330 e. The summed E-state index contributed by atoms with van der Waals surface area (Å²) >= 11 is 6.65. The van der Waals surface area contributed by atoms with Gasteiger partial charge in [0.15, 0.2) is 0 Å². The van der Waals surface area contributed by atoms with E-state index in [1.807, 2.05) is 0 Å². The minimum atomic E-state index is -0.316. The van der Waals surface area contributed by atoms with Gasteiger partial charge in [-0.15, -0.1) is 0 Å². The third-order valence-corrected chi connectivity index (χ3v) is 4.43. The lowest BCUT2D eigenvalue weighted by Gasteiger charge is -2.16. The molecule has 0 aromatic carbocycles. The summed E-state index contributed by atoms with van der Waals surface area (Å²) in [6.45, 7) is 6.27. The second kappa shape index (κ2) is 9.37. The molecule has 0 N–H and O–H groups in total. The molecule has 2 unspecified atom stereocenters. The number of hydrogen-bond acceptors (Lipinski definition) is 5. The Labute approximate surface area is 125 Å². The molecular formula is C14H22O3S2. The highest BCUT2D eigenvalue weighted by molar-refractivity contribution is 8.23. The molecular weight excluding hydrogens is 280 g/mol. The van der Waals surface area contributed by atoms with E-state index in [0.717, 1.165) is 45.1 Å². The van der Waals surface area contributed by atoms with Gasteiger partial charge in [-0.1, -0.05) is 38.1 Å². The number of unbranched alkanes of at least 4 members (excludes halogenated alkanes) is 1. The summed E-state index contributed by atoms with van der Waals surface area (Å²) in [4.78, 5) is 11.2. The summed E-state index contributed by atoms with van der Waals surface area (Å²) in [7, 11) is 0. The fraction of sp³-hybridized carbons (Fsp3) is 0.714. The zero-order valence-electron chi connectivity index (χ0n) is 11.4. The maximum absolute atomic E-state index is 11.2. The molecule has 0 aromatic rings. The number of thioether (sulfide) groups is 1. The number of ether oxygens (including phenoxy) is 2. The molecule has 0 bridgehead atoms. The topological polar surface area (TPSA) is 35.5 Å². The highest BCUT2D eigenvalue weighted by Gasteiger charge is 2.21. The van der Waals surface area contributed by atoms with E-state index in [1.165, 1.54) is 6.08 Å². The van der Waals surface area contributed by atoms with Gasteiger partial charge in [-0.25, -0.2) is 4.79 Å². The van der Waals surface area contributed by atoms with Crippen molar-refractivity contribution in [3.05, 3.63) is 12.7 Å². The second-order valence-corrected chi connectivity index (χ2v) is 6.54. The highest BCUT2D eigenvalue weighted by atomic mass is 32.2. The Balaban J connectivity index is 2.15. The Bertz CT molecular complexity index is 318. The van der Waals surface area contributed by atoms with Gasteiger partial charge in [-0.05, 0) is 37.9 Å². The zero-order valence-corrected chi connectivity index (χ0v) is 13.1. The van der Waals surface area contributed by atoms with Crippen LogP contribution in [-0.4, -0.2) is 28.3 Å². The van der Waals surface area contributed by atoms with E-state index in [9.17, 15) is 4.79 Å². The largest absolute Gasteiger partial charge is 0.477 e. The maximum atomic E-state index is 11.2. The minimum Gasteiger partial charge on any atom is -0.477 e. The number of thiocarbonyl (C=S) groups is 1. The van der Waals surface area contributed by atoms with E-state index >= 15 is 0 Å². The van der Waals surface area contributed by atoms with Crippen molar-refractivity contribution >= 4 is 34.3 Å². The van der Waals surface area contributed by atoms with E-state index < -0.39 is 0 Å². The molecule has 1 aliphatic rings. The van der Waals surface area contributed by atoms with Crippen molar-refractivity contribution < 1.29 is 14.3 Å². The van der Waals surface area contributed by atoms with Crippen LogP contribution in [0.3, 0.4) is 0 Å². The first kappa shape index (κ1) is 16.5. The molecule has 5 heteroatoms. The summed E-state index contributed by atoms with van der Waals surface area (Å²) in [5.41, 5.74) is 0. The summed E-state index contributed by atoms with van der Waals surface area (Å²) in [5, 5.41) is 0.507. The summed E-state index contributed by atoms with van der Waals surface area (Å²) in [6.07, 6.45) is 7.43. The van der Waals surface area contributed by atoms with Crippen LogP contribution in [0.25, 0.3) is 0 Å². The van der Waals surface area contributed by atoms with E-state index in [4.69, 9.17) is 21.7 Å². The molecule has 0 saturated carbocycles. The first-order chi connectivity index (χ1) is 9.15. The van der Waals surface area contributed by atoms with Gasteiger partial charge in [0, 0.05) is 11.3 Å². The lowest BCUT2D eigenvalue weighted by atomic mass is 10.1. The molecule has 1 aliphatic heterocycles. The van der Waals surface area contributed by atoms with Gasteiger partial charge in [-0.3, -0.25) is 0 Å². The predicted octanol–water partition coefficient (Wildman–Crippen LogP) is 3.86. The van der Waals surface area contributed by atoms with Gasteiger partial charge >= 0.3 is 5.97 Å². The molecule has 1 fully saturated rings. The molecule has 108 valence electrons. The van der Waals surface area contributed by atoms with Crippen LogP contribution in [0, 0.1) is 0 Å². The van der Waals surface area contributed by atoms with Crippen LogP contribution in [0.1, 0.15) is 45.4 Å². The van der Waals surface area contributed by atoms with Crippen molar-refractivity contribution in [2.45, 2.75) is 56.8 Å². The fourth-order valence-electron chi connectivity index (χ4n) is 2.05. The van der Waals surface area contributed by atoms with Gasteiger partial charge in [0.1, 0.15) is 12.7 Å². The quantitative estimate of drug-likeness (QED) is 0.280. The average molecular weight is 302 g/mol. The lowest BCUT2D eigenvalue weighted by Crippen LogP contribution is -2.16. The summed E-state index contributed by atoms with van der Waals surface area (Å²) < 4.78 is 11.3. The van der Waals surface area contributed by atoms with Crippen LogP contribution in [0.4, 0.5) is 0 Å². The van der Waals surface area contributed by atoms with Crippen molar-refractivity contribution in [1.82, 2.24) is 0 Å². The van der Waals surface area contributed by atoms with Gasteiger partial charge in [0.2, 0.25) is 4.38 Å². The molecule has 0 amide bonds.